The Morgan fingerprint density at radius 3 is 2.77 bits per heavy atom. The standard InChI is InChI=1S/C16H15N3O3/c20-15(5-4-12-6-9-17-10-7-12)18-11-8-13-2-1-3-14(16(13)18)19(21)22/h1-3,6-7,9-10H,4-5,8,11H2. The first-order chi connectivity index (χ1) is 10.7. The molecule has 0 bridgehead atoms. The average Bonchev–Trinajstić information content (AvgIpc) is 2.97. The van der Waals surface area contributed by atoms with E-state index in [0.717, 1.165) is 11.1 Å². The Hall–Kier alpha value is -2.76. The van der Waals surface area contributed by atoms with E-state index in [4.69, 9.17) is 0 Å². The molecule has 0 saturated heterocycles. The van der Waals surface area contributed by atoms with Crippen LogP contribution < -0.4 is 4.90 Å². The first-order valence-electron chi connectivity index (χ1n) is 7.12. The van der Waals surface area contributed by atoms with Gasteiger partial charge in [0.15, 0.2) is 0 Å². The molecule has 1 aliphatic rings. The number of rotatable bonds is 4. The molecule has 0 atom stereocenters. The number of pyridine rings is 1. The van der Waals surface area contributed by atoms with Gasteiger partial charge in [-0.3, -0.25) is 19.9 Å². The van der Waals surface area contributed by atoms with Crippen LogP contribution in [0.25, 0.3) is 0 Å². The number of aromatic nitrogens is 1. The summed E-state index contributed by atoms with van der Waals surface area (Å²) >= 11 is 0. The van der Waals surface area contributed by atoms with E-state index < -0.39 is 4.92 Å². The van der Waals surface area contributed by atoms with Crippen LogP contribution in [0, 0.1) is 10.1 Å². The Balaban J connectivity index is 1.78. The van der Waals surface area contributed by atoms with E-state index in [-0.39, 0.29) is 11.6 Å². The van der Waals surface area contributed by atoms with Gasteiger partial charge in [-0.05, 0) is 36.1 Å². The first-order valence-corrected chi connectivity index (χ1v) is 7.12. The number of amides is 1. The minimum atomic E-state index is -0.423. The predicted molar refractivity (Wildman–Crippen MR) is 81.7 cm³/mol. The zero-order valence-corrected chi connectivity index (χ0v) is 11.9. The van der Waals surface area contributed by atoms with Gasteiger partial charge in [0, 0.05) is 31.4 Å². The summed E-state index contributed by atoms with van der Waals surface area (Å²) in [6.07, 6.45) is 4.98. The number of fused-ring (bicyclic) bond motifs is 1. The van der Waals surface area contributed by atoms with E-state index in [1.54, 1.807) is 23.4 Å². The van der Waals surface area contributed by atoms with Crippen molar-refractivity contribution in [3.8, 4) is 0 Å². The van der Waals surface area contributed by atoms with Crippen LogP contribution in [0.4, 0.5) is 11.4 Å². The maximum atomic E-state index is 12.4. The molecule has 1 aromatic heterocycles. The van der Waals surface area contributed by atoms with Crippen molar-refractivity contribution in [2.75, 3.05) is 11.4 Å². The maximum Gasteiger partial charge on any atom is 0.293 e. The second-order valence-corrected chi connectivity index (χ2v) is 5.19. The second-order valence-electron chi connectivity index (χ2n) is 5.19. The number of nitro groups is 1. The Morgan fingerprint density at radius 2 is 2.05 bits per heavy atom. The summed E-state index contributed by atoms with van der Waals surface area (Å²) in [4.78, 5) is 28.7. The van der Waals surface area contributed by atoms with Crippen LogP contribution in [0.5, 0.6) is 0 Å². The molecule has 3 rings (SSSR count). The van der Waals surface area contributed by atoms with Gasteiger partial charge in [-0.15, -0.1) is 0 Å². The van der Waals surface area contributed by atoms with Crippen LogP contribution in [0.3, 0.4) is 0 Å². The Morgan fingerprint density at radius 1 is 1.27 bits per heavy atom. The Bertz CT molecular complexity index is 716. The van der Waals surface area contributed by atoms with Crippen molar-refractivity contribution in [3.63, 3.8) is 0 Å². The van der Waals surface area contributed by atoms with Crippen LogP contribution in [-0.4, -0.2) is 22.4 Å². The van der Waals surface area contributed by atoms with Crippen LogP contribution in [0.1, 0.15) is 17.5 Å². The molecule has 6 heteroatoms. The molecule has 0 spiro atoms. The quantitative estimate of drug-likeness (QED) is 0.642. The fourth-order valence-electron chi connectivity index (χ4n) is 2.77. The van der Waals surface area contributed by atoms with Gasteiger partial charge < -0.3 is 4.90 Å². The molecule has 0 unspecified atom stereocenters. The van der Waals surface area contributed by atoms with Gasteiger partial charge >= 0.3 is 0 Å². The average molecular weight is 297 g/mol. The second kappa shape index (κ2) is 5.93. The Labute approximate surface area is 127 Å². The zero-order valence-electron chi connectivity index (χ0n) is 11.9. The third-order valence-corrected chi connectivity index (χ3v) is 3.85. The molecule has 0 aliphatic carbocycles. The molecule has 1 amide bonds. The SMILES string of the molecule is O=C(CCc1ccncc1)N1CCc2cccc([N+](=O)[O-])c21. The number of benzene rings is 1. The molecule has 0 radical (unpaired) electrons. The highest BCUT2D eigenvalue weighted by Crippen LogP contribution is 2.37. The Kier molecular flexibility index (Phi) is 3.82. The van der Waals surface area contributed by atoms with E-state index in [0.29, 0.717) is 31.5 Å². The van der Waals surface area contributed by atoms with Gasteiger partial charge in [-0.2, -0.15) is 0 Å². The fourth-order valence-corrected chi connectivity index (χ4v) is 2.77. The first kappa shape index (κ1) is 14.2. The van der Waals surface area contributed by atoms with Crippen LogP contribution in [0.2, 0.25) is 0 Å². The molecule has 22 heavy (non-hydrogen) atoms. The van der Waals surface area contributed by atoms with Crippen molar-refractivity contribution >= 4 is 17.3 Å². The molecule has 0 saturated carbocycles. The summed E-state index contributed by atoms with van der Waals surface area (Å²) < 4.78 is 0. The molecule has 2 aromatic rings. The van der Waals surface area contributed by atoms with Gasteiger partial charge in [-0.1, -0.05) is 12.1 Å². The molecule has 1 aromatic carbocycles. The summed E-state index contributed by atoms with van der Waals surface area (Å²) in [6, 6.07) is 8.70. The molecule has 0 N–H and O–H groups in total. The predicted octanol–water partition coefficient (Wildman–Crippen LogP) is 2.51. The van der Waals surface area contributed by atoms with Crippen LogP contribution in [0.15, 0.2) is 42.7 Å². The number of aryl methyl sites for hydroxylation is 1. The topological polar surface area (TPSA) is 76.3 Å². The summed E-state index contributed by atoms with van der Waals surface area (Å²) in [6.45, 7) is 0.509. The monoisotopic (exact) mass is 297 g/mol. The van der Waals surface area contributed by atoms with E-state index in [1.165, 1.54) is 6.07 Å². The lowest BCUT2D eigenvalue weighted by atomic mass is 10.1. The maximum absolute atomic E-state index is 12.4. The number of para-hydroxylation sites is 1. The molecule has 6 nitrogen and oxygen atoms in total. The van der Waals surface area contributed by atoms with Gasteiger partial charge in [0.1, 0.15) is 5.69 Å². The highest BCUT2D eigenvalue weighted by atomic mass is 16.6. The van der Waals surface area contributed by atoms with Crippen molar-refractivity contribution < 1.29 is 9.72 Å². The normalized spacial score (nSPS) is 13.0. The third-order valence-electron chi connectivity index (χ3n) is 3.85. The van der Waals surface area contributed by atoms with Crippen molar-refractivity contribution in [1.82, 2.24) is 4.98 Å². The summed E-state index contributed by atoms with van der Waals surface area (Å²) in [7, 11) is 0. The number of nitro benzene ring substituents is 1. The molecular formula is C16H15N3O3. The summed E-state index contributed by atoms with van der Waals surface area (Å²) in [5, 5.41) is 11.2. The number of hydrogen-bond donors (Lipinski definition) is 0. The van der Waals surface area contributed by atoms with Gasteiger partial charge in [0.2, 0.25) is 5.91 Å². The highest BCUT2D eigenvalue weighted by molar-refractivity contribution is 5.98. The lowest BCUT2D eigenvalue weighted by molar-refractivity contribution is -0.384. The van der Waals surface area contributed by atoms with Crippen LogP contribution >= 0.6 is 0 Å². The number of anilines is 1. The van der Waals surface area contributed by atoms with E-state index in [1.807, 2.05) is 18.2 Å². The summed E-state index contributed by atoms with van der Waals surface area (Å²) in [5.74, 6) is -0.0788. The largest absolute Gasteiger partial charge is 0.306 e. The lowest BCUT2D eigenvalue weighted by Crippen LogP contribution is -2.29. The van der Waals surface area contributed by atoms with Crippen molar-refractivity contribution in [1.29, 1.82) is 0 Å². The number of carbonyl (C=O) groups is 1. The smallest absolute Gasteiger partial charge is 0.293 e. The highest BCUT2D eigenvalue weighted by Gasteiger charge is 2.31. The van der Waals surface area contributed by atoms with E-state index in [2.05, 4.69) is 4.98 Å². The van der Waals surface area contributed by atoms with E-state index >= 15 is 0 Å². The minimum absolute atomic E-state index is 0.00672. The molecule has 0 fully saturated rings. The number of hydrogen-bond acceptors (Lipinski definition) is 4. The van der Waals surface area contributed by atoms with Crippen molar-refractivity contribution in [2.45, 2.75) is 19.3 Å². The molecule has 1 aliphatic heterocycles. The zero-order chi connectivity index (χ0) is 15.5. The molecular weight excluding hydrogens is 282 g/mol. The molecule has 112 valence electrons. The third kappa shape index (κ3) is 2.67. The van der Waals surface area contributed by atoms with Crippen molar-refractivity contribution in [3.05, 3.63) is 64.0 Å². The van der Waals surface area contributed by atoms with Gasteiger partial charge in [-0.25, -0.2) is 0 Å². The van der Waals surface area contributed by atoms with E-state index in [9.17, 15) is 14.9 Å². The summed E-state index contributed by atoms with van der Waals surface area (Å²) in [5.41, 5.74) is 2.37. The minimum Gasteiger partial charge on any atom is -0.306 e. The fraction of sp³-hybridized carbons (Fsp3) is 0.250. The van der Waals surface area contributed by atoms with Gasteiger partial charge in [0.05, 0.1) is 4.92 Å². The number of nitrogens with zero attached hydrogens (tertiary/aromatic N) is 3. The van der Waals surface area contributed by atoms with Crippen LogP contribution in [-0.2, 0) is 17.6 Å². The molecule has 2 heterocycles. The van der Waals surface area contributed by atoms with Gasteiger partial charge in [0.25, 0.3) is 5.69 Å². The van der Waals surface area contributed by atoms with Crippen molar-refractivity contribution in [2.24, 2.45) is 0 Å². The number of carbonyl (C=O) groups excluding carboxylic acids is 1. The lowest BCUT2D eigenvalue weighted by Gasteiger charge is -2.17.